The van der Waals surface area contributed by atoms with E-state index in [2.05, 4.69) is 15.3 Å². The van der Waals surface area contributed by atoms with Crippen molar-refractivity contribution in [1.29, 1.82) is 0 Å². The molecule has 0 unspecified atom stereocenters. The van der Waals surface area contributed by atoms with Crippen LogP contribution < -0.4 is 14.2 Å². The van der Waals surface area contributed by atoms with Gasteiger partial charge in [0.1, 0.15) is 5.52 Å². The minimum atomic E-state index is 0.529. The van der Waals surface area contributed by atoms with Gasteiger partial charge in [0.15, 0.2) is 17.1 Å². The molecule has 7 nitrogen and oxygen atoms in total. The normalized spacial score (nSPS) is 10.6. The molecule has 0 fully saturated rings. The van der Waals surface area contributed by atoms with Crippen molar-refractivity contribution in [2.24, 2.45) is 0 Å². The van der Waals surface area contributed by atoms with Gasteiger partial charge in [-0.1, -0.05) is 5.21 Å². The van der Waals surface area contributed by atoms with Crippen LogP contribution in [0.25, 0.3) is 16.9 Å². The van der Waals surface area contributed by atoms with E-state index in [0.717, 1.165) is 5.69 Å². The molecular weight excluding hydrogens is 272 g/mol. The van der Waals surface area contributed by atoms with Gasteiger partial charge in [0.2, 0.25) is 5.75 Å². The predicted octanol–water partition coefficient (Wildman–Crippen LogP) is 1.84. The second-order valence-electron chi connectivity index (χ2n) is 4.23. The highest BCUT2D eigenvalue weighted by Crippen LogP contribution is 2.39. The zero-order chi connectivity index (χ0) is 14.8. The predicted molar refractivity (Wildman–Crippen MR) is 76.3 cm³/mol. The second-order valence-corrected chi connectivity index (χ2v) is 4.23. The van der Waals surface area contributed by atoms with Crippen LogP contribution in [0.15, 0.2) is 30.5 Å². The highest BCUT2D eigenvalue weighted by atomic mass is 16.5. The van der Waals surface area contributed by atoms with Gasteiger partial charge in [-0.15, -0.1) is 5.10 Å². The van der Waals surface area contributed by atoms with Crippen LogP contribution in [0.2, 0.25) is 0 Å². The average molecular weight is 286 g/mol. The van der Waals surface area contributed by atoms with Gasteiger partial charge in [0, 0.05) is 18.3 Å². The monoisotopic (exact) mass is 286 g/mol. The first-order chi connectivity index (χ1) is 10.3. The van der Waals surface area contributed by atoms with Crippen molar-refractivity contribution in [2.75, 3.05) is 21.3 Å². The van der Waals surface area contributed by atoms with Crippen molar-refractivity contribution in [3.63, 3.8) is 0 Å². The summed E-state index contributed by atoms with van der Waals surface area (Å²) >= 11 is 0. The molecule has 0 aliphatic heterocycles. The Balaban J connectivity index is 2.23. The molecule has 0 aliphatic rings. The number of hydrogen-bond donors (Lipinski definition) is 0. The summed E-state index contributed by atoms with van der Waals surface area (Å²) in [7, 11) is 4.70. The molecule has 3 aromatic rings. The number of nitrogens with zero attached hydrogens (tertiary/aromatic N) is 4. The fourth-order valence-corrected chi connectivity index (χ4v) is 2.13. The molecule has 0 radical (unpaired) electrons. The van der Waals surface area contributed by atoms with Crippen LogP contribution in [-0.2, 0) is 0 Å². The fourth-order valence-electron chi connectivity index (χ4n) is 2.13. The third-order valence-electron chi connectivity index (χ3n) is 3.10. The number of benzene rings is 1. The Morgan fingerprint density at radius 2 is 1.71 bits per heavy atom. The van der Waals surface area contributed by atoms with E-state index in [0.29, 0.717) is 28.4 Å². The summed E-state index contributed by atoms with van der Waals surface area (Å²) in [6.07, 6.45) is 1.69. The lowest BCUT2D eigenvalue weighted by Crippen LogP contribution is -2.01. The molecule has 2 aromatic heterocycles. The summed E-state index contributed by atoms with van der Waals surface area (Å²) in [5.74, 6) is 1.62. The van der Waals surface area contributed by atoms with E-state index in [1.807, 2.05) is 12.1 Å². The molecule has 108 valence electrons. The van der Waals surface area contributed by atoms with Crippen molar-refractivity contribution in [1.82, 2.24) is 20.0 Å². The zero-order valence-electron chi connectivity index (χ0n) is 11.9. The Morgan fingerprint density at radius 3 is 2.33 bits per heavy atom. The van der Waals surface area contributed by atoms with Crippen LogP contribution in [0.1, 0.15) is 0 Å². The van der Waals surface area contributed by atoms with E-state index in [1.165, 1.54) is 0 Å². The maximum absolute atomic E-state index is 5.34. The van der Waals surface area contributed by atoms with E-state index in [-0.39, 0.29) is 0 Å². The summed E-state index contributed by atoms with van der Waals surface area (Å²) < 4.78 is 17.6. The minimum Gasteiger partial charge on any atom is -0.493 e. The number of methoxy groups -OCH3 is 3. The van der Waals surface area contributed by atoms with Gasteiger partial charge in [0.25, 0.3) is 0 Å². The third-order valence-corrected chi connectivity index (χ3v) is 3.10. The Morgan fingerprint density at radius 1 is 1.00 bits per heavy atom. The molecule has 0 atom stereocenters. The van der Waals surface area contributed by atoms with Gasteiger partial charge in [0.05, 0.1) is 27.0 Å². The first kappa shape index (κ1) is 13.2. The molecule has 3 rings (SSSR count). The number of hydrogen-bond acceptors (Lipinski definition) is 6. The van der Waals surface area contributed by atoms with Crippen LogP contribution in [0, 0.1) is 0 Å². The lowest BCUT2D eigenvalue weighted by atomic mass is 10.2. The van der Waals surface area contributed by atoms with Crippen LogP contribution in [0.5, 0.6) is 17.2 Å². The molecule has 0 saturated carbocycles. The molecule has 21 heavy (non-hydrogen) atoms. The van der Waals surface area contributed by atoms with Crippen molar-refractivity contribution in [3.05, 3.63) is 30.5 Å². The SMILES string of the molecule is COc1cc(-n2nnc3cccnc32)cc(OC)c1OC. The van der Waals surface area contributed by atoms with E-state index in [9.17, 15) is 0 Å². The van der Waals surface area contributed by atoms with Crippen molar-refractivity contribution >= 4 is 11.2 Å². The topological polar surface area (TPSA) is 71.3 Å². The number of fused-ring (bicyclic) bond motifs is 1. The number of rotatable bonds is 4. The third kappa shape index (κ3) is 2.12. The van der Waals surface area contributed by atoms with Crippen LogP contribution in [0.4, 0.5) is 0 Å². The summed E-state index contributed by atoms with van der Waals surface area (Å²) in [5.41, 5.74) is 2.10. The molecule has 2 heterocycles. The molecule has 7 heteroatoms. The van der Waals surface area contributed by atoms with Crippen molar-refractivity contribution in [3.8, 4) is 22.9 Å². The Bertz CT molecular complexity index is 760. The molecule has 0 N–H and O–H groups in total. The van der Waals surface area contributed by atoms with E-state index >= 15 is 0 Å². The van der Waals surface area contributed by atoms with Gasteiger partial charge in [-0.3, -0.25) is 0 Å². The quantitative estimate of drug-likeness (QED) is 0.728. The number of aromatic nitrogens is 4. The second kappa shape index (κ2) is 5.28. The largest absolute Gasteiger partial charge is 0.493 e. The first-order valence-corrected chi connectivity index (χ1v) is 6.25. The van der Waals surface area contributed by atoms with Crippen LogP contribution in [-0.4, -0.2) is 41.3 Å². The molecular formula is C14H14N4O3. The maximum Gasteiger partial charge on any atom is 0.203 e. The maximum atomic E-state index is 5.34. The molecule has 0 aliphatic carbocycles. The number of ether oxygens (including phenoxy) is 3. The van der Waals surface area contributed by atoms with Gasteiger partial charge >= 0.3 is 0 Å². The lowest BCUT2D eigenvalue weighted by molar-refractivity contribution is 0.324. The van der Waals surface area contributed by atoms with Gasteiger partial charge in [-0.2, -0.15) is 4.68 Å². The van der Waals surface area contributed by atoms with Gasteiger partial charge in [-0.25, -0.2) is 4.98 Å². The van der Waals surface area contributed by atoms with E-state index in [1.54, 1.807) is 44.3 Å². The average Bonchev–Trinajstić information content (AvgIpc) is 2.97. The fraction of sp³-hybridized carbons (Fsp3) is 0.214. The summed E-state index contributed by atoms with van der Waals surface area (Å²) in [4.78, 5) is 4.30. The van der Waals surface area contributed by atoms with Gasteiger partial charge in [-0.05, 0) is 12.1 Å². The van der Waals surface area contributed by atoms with Gasteiger partial charge < -0.3 is 14.2 Å². The molecule has 0 amide bonds. The number of pyridine rings is 1. The minimum absolute atomic E-state index is 0.529. The summed E-state index contributed by atoms with van der Waals surface area (Å²) in [6, 6.07) is 7.26. The van der Waals surface area contributed by atoms with Crippen molar-refractivity contribution < 1.29 is 14.2 Å². The van der Waals surface area contributed by atoms with Crippen molar-refractivity contribution in [2.45, 2.75) is 0 Å². The van der Waals surface area contributed by atoms with Crippen LogP contribution in [0.3, 0.4) is 0 Å². The standard InChI is InChI=1S/C14H14N4O3/c1-19-11-7-9(8-12(20-2)13(11)21-3)18-14-10(16-17-18)5-4-6-15-14/h4-8H,1-3H3. The van der Waals surface area contributed by atoms with E-state index in [4.69, 9.17) is 14.2 Å². The molecule has 0 bridgehead atoms. The summed E-state index contributed by atoms with van der Waals surface area (Å²) in [6.45, 7) is 0. The molecule has 0 saturated heterocycles. The first-order valence-electron chi connectivity index (χ1n) is 6.25. The van der Waals surface area contributed by atoms with E-state index < -0.39 is 0 Å². The Labute approximate surface area is 121 Å². The Kier molecular flexibility index (Phi) is 3.31. The zero-order valence-corrected chi connectivity index (χ0v) is 11.9. The lowest BCUT2D eigenvalue weighted by Gasteiger charge is -2.13. The highest BCUT2D eigenvalue weighted by Gasteiger charge is 2.16. The smallest absolute Gasteiger partial charge is 0.203 e. The molecule has 1 aromatic carbocycles. The summed E-state index contributed by atoms with van der Waals surface area (Å²) in [5, 5.41) is 8.21. The molecule has 0 spiro atoms. The Hall–Kier alpha value is -2.83. The van der Waals surface area contributed by atoms with Crippen LogP contribution >= 0.6 is 0 Å². The highest BCUT2D eigenvalue weighted by molar-refractivity contribution is 5.72.